The number of likely N-dealkylation sites (tertiary alicyclic amines) is 1. The third-order valence-electron chi connectivity index (χ3n) is 3.95. The highest BCUT2D eigenvalue weighted by Crippen LogP contribution is 2.48. The first-order valence-corrected chi connectivity index (χ1v) is 6.98. The van der Waals surface area contributed by atoms with Gasteiger partial charge in [-0.3, -0.25) is 4.79 Å². The highest BCUT2D eigenvalue weighted by atomic mass is 16.6. The Morgan fingerprint density at radius 1 is 1.21 bits per heavy atom. The number of hydrogen-bond acceptors (Lipinski definition) is 3. The Morgan fingerprint density at radius 3 is 2.21 bits per heavy atom. The zero-order valence-electron chi connectivity index (χ0n) is 11.9. The van der Waals surface area contributed by atoms with Crippen LogP contribution in [0.5, 0.6) is 0 Å². The van der Waals surface area contributed by atoms with Crippen molar-refractivity contribution < 1.29 is 19.4 Å². The fourth-order valence-electron chi connectivity index (χ4n) is 2.86. The van der Waals surface area contributed by atoms with Crippen molar-refractivity contribution in [3.05, 3.63) is 0 Å². The van der Waals surface area contributed by atoms with Crippen molar-refractivity contribution in [2.75, 3.05) is 13.1 Å². The number of amides is 1. The minimum absolute atomic E-state index is 0.141. The minimum Gasteiger partial charge on any atom is -0.481 e. The molecular weight excluding hydrogens is 246 g/mol. The molecule has 1 saturated carbocycles. The summed E-state index contributed by atoms with van der Waals surface area (Å²) in [5, 5.41) is 8.94. The number of carboxylic acids is 1. The second-order valence-corrected chi connectivity index (χ2v) is 6.65. The topological polar surface area (TPSA) is 66.8 Å². The van der Waals surface area contributed by atoms with Crippen molar-refractivity contribution in [1.29, 1.82) is 0 Å². The maximum Gasteiger partial charge on any atom is 0.410 e. The molecule has 1 heterocycles. The van der Waals surface area contributed by atoms with E-state index in [0.717, 1.165) is 19.3 Å². The van der Waals surface area contributed by atoms with Gasteiger partial charge in [0.1, 0.15) is 5.60 Å². The van der Waals surface area contributed by atoms with Gasteiger partial charge < -0.3 is 14.7 Å². The summed E-state index contributed by atoms with van der Waals surface area (Å²) in [7, 11) is 0. The number of carbonyl (C=O) groups is 2. The van der Waals surface area contributed by atoms with E-state index in [0.29, 0.717) is 24.9 Å². The summed E-state index contributed by atoms with van der Waals surface area (Å²) in [6.07, 6.45) is 2.35. The van der Waals surface area contributed by atoms with E-state index in [2.05, 4.69) is 0 Å². The molecule has 0 aromatic heterocycles. The largest absolute Gasteiger partial charge is 0.481 e. The lowest BCUT2D eigenvalue weighted by atomic mass is 9.91. The molecule has 1 saturated heterocycles. The van der Waals surface area contributed by atoms with Crippen molar-refractivity contribution in [1.82, 2.24) is 4.90 Å². The predicted molar refractivity (Wildman–Crippen MR) is 69.8 cm³/mol. The first-order chi connectivity index (χ1) is 8.78. The van der Waals surface area contributed by atoms with Crippen LogP contribution in [0.2, 0.25) is 0 Å². The van der Waals surface area contributed by atoms with Crippen LogP contribution in [0.1, 0.15) is 40.0 Å². The summed E-state index contributed by atoms with van der Waals surface area (Å²) in [6, 6.07) is 0. The van der Waals surface area contributed by atoms with Gasteiger partial charge in [-0.1, -0.05) is 0 Å². The molecule has 0 spiro atoms. The highest BCUT2D eigenvalue weighted by molar-refractivity contribution is 5.73. The molecule has 1 amide bonds. The van der Waals surface area contributed by atoms with Gasteiger partial charge in [0, 0.05) is 13.1 Å². The second-order valence-electron chi connectivity index (χ2n) is 6.65. The molecule has 2 rings (SSSR count). The standard InChI is InChI=1S/C14H23NO4/c1-14(2,3)19-13(18)15-6-4-9(5-7-15)10-8-11(10)12(16)17/h9-11H,4-8H2,1-3H3,(H,16,17)/t10-,11-/m1/s1. The van der Waals surface area contributed by atoms with Crippen LogP contribution in [-0.2, 0) is 9.53 Å². The van der Waals surface area contributed by atoms with Crippen molar-refractivity contribution in [2.45, 2.75) is 45.6 Å². The Hall–Kier alpha value is -1.26. The maximum absolute atomic E-state index is 11.9. The van der Waals surface area contributed by atoms with E-state index in [9.17, 15) is 9.59 Å². The SMILES string of the molecule is CC(C)(C)OC(=O)N1CCC([C@H]2C[C@H]2C(=O)O)CC1. The average molecular weight is 269 g/mol. The van der Waals surface area contributed by atoms with Crippen LogP contribution in [0.25, 0.3) is 0 Å². The van der Waals surface area contributed by atoms with Gasteiger partial charge in [-0.15, -0.1) is 0 Å². The van der Waals surface area contributed by atoms with Crippen LogP contribution in [-0.4, -0.2) is 40.8 Å². The van der Waals surface area contributed by atoms with E-state index in [4.69, 9.17) is 9.84 Å². The molecule has 0 radical (unpaired) electrons. The molecular formula is C14H23NO4. The lowest BCUT2D eigenvalue weighted by molar-refractivity contribution is -0.139. The molecule has 0 unspecified atom stereocenters. The summed E-state index contributed by atoms with van der Waals surface area (Å²) in [5.74, 6) is -0.0179. The summed E-state index contributed by atoms with van der Waals surface area (Å²) in [4.78, 5) is 24.5. The van der Waals surface area contributed by atoms with Gasteiger partial charge in [0.15, 0.2) is 0 Å². The fourth-order valence-corrected chi connectivity index (χ4v) is 2.86. The number of piperidine rings is 1. The molecule has 0 aromatic carbocycles. The van der Waals surface area contributed by atoms with Gasteiger partial charge >= 0.3 is 12.1 Å². The number of nitrogens with zero attached hydrogens (tertiary/aromatic N) is 1. The molecule has 2 fully saturated rings. The monoisotopic (exact) mass is 269 g/mol. The average Bonchev–Trinajstić information content (AvgIpc) is 3.07. The normalized spacial score (nSPS) is 28.1. The van der Waals surface area contributed by atoms with Crippen LogP contribution >= 0.6 is 0 Å². The molecule has 5 nitrogen and oxygen atoms in total. The fraction of sp³-hybridized carbons (Fsp3) is 0.857. The lowest BCUT2D eigenvalue weighted by Crippen LogP contribution is -2.42. The highest BCUT2D eigenvalue weighted by Gasteiger charge is 2.48. The zero-order valence-corrected chi connectivity index (χ0v) is 11.9. The van der Waals surface area contributed by atoms with Crippen LogP contribution < -0.4 is 0 Å². The first-order valence-electron chi connectivity index (χ1n) is 6.98. The van der Waals surface area contributed by atoms with E-state index in [1.165, 1.54) is 0 Å². The molecule has 2 aliphatic rings. The van der Waals surface area contributed by atoms with Gasteiger partial charge in [0.25, 0.3) is 0 Å². The van der Waals surface area contributed by atoms with Crippen LogP contribution in [0.15, 0.2) is 0 Å². The first kappa shape index (κ1) is 14.2. The third-order valence-corrected chi connectivity index (χ3v) is 3.95. The molecule has 19 heavy (non-hydrogen) atoms. The van der Waals surface area contributed by atoms with E-state index < -0.39 is 11.6 Å². The van der Waals surface area contributed by atoms with Crippen molar-refractivity contribution >= 4 is 12.1 Å². The van der Waals surface area contributed by atoms with Gasteiger partial charge in [-0.05, 0) is 51.9 Å². The quantitative estimate of drug-likeness (QED) is 0.835. The maximum atomic E-state index is 11.9. The predicted octanol–water partition coefficient (Wildman–Crippen LogP) is 2.35. The number of carbonyl (C=O) groups excluding carboxylic acids is 1. The molecule has 1 N–H and O–H groups in total. The van der Waals surface area contributed by atoms with Gasteiger partial charge in [-0.25, -0.2) is 4.79 Å². The third kappa shape index (κ3) is 3.61. The summed E-state index contributed by atoms with van der Waals surface area (Å²) < 4.78 is 5.34. The molecule has 0 aromatic rings. The van der Waals surface area contributed by atoms with Gasteiger partial charge in [-0.2, -0.15) is 0 Å². The van der Waals surface area contributed by atoms with Crippen molar-refractivity contribution in [3.63, 3.8) is 0 Å². The number of ether oxygens (including phenoxy) is 1. The Balaban J connectivity index is 1.77. The van der Waals surface area contributed by atoms with E-state index >= 15 is 0 Å². The number of aliphatic carboxylic acids is 1. The Labute approximate surface area is 113 Å². The lowest BCUT2D eigenvalue weighted by Gasteiger charge is -2.33. The van der Waals surface area contributed by atoms with Crippen molar-refractivity contribution in [2.24, 2.45) is 17.8 Å². The summed E-state index contributed by atoms with van der Waals surface area (Å²) >= 11 is 0. The number of rotatable bonds is 2. The van der Waals surface area contributed by atoms with Gasteiger partial charge in [0.05, 0.1) is 5.92 Å². The van der Waals surface area contributed by atoms with E-state index in [-0.39, 0.29) is 12.0 Å². The van der Waals surface area contributed by atoms with E-state index in [1.54, 1.807) is 4.90 Å². The zero-order chi connectivity index (χ0) is 14.2. The molecule has 2 atom stereocenters. The van der Waals surface area contributed by atoms with Gasteiger partial charge in [0.2, 0.25) is 0 Å². The molecule has 5 heteroatoms. The molecule has 1 aliphatic heterocycles. The van der Waals surface area contributed by atoms with Crippen molar-refractivity contribution in [3.8, 4) is 0 Å². The molecule has 1 aliphatic carbocycles. The summed E-state index contributed by atoms with van der Waals surface area (Å²) in [5.41, 5.74) is -0.459. The van der Waals surface area contributed by atoms with E-state index in [1.807, 2.05) is 20.8 Å². The smallest absolute Gasteiger partial charge is 0.410 e. The Kier molecular flexibility index (Phi) is 3.74. The van der Waals surface area contributed by atoms with Crippen LogP contribution in [0, 0.1) is 17.8 Å². The van der Waals surface area contributed by atoms with Crippen LogP contribution in [0.3, 0.4) is 0 Å². The molecule has 108 valence electrons. The number of carboxylic acid groups (broad SMARTS) is 1. The Bertz CT molecular complexity index is 366. The minimum atomic E-state index is -0.667. The number of hydrogen-bond donors (Lipinski definition) is 1. The Morgan fingerprint density at radius 2 is 1.79 bits per heavy atom. The second kappa shape index (κ2) is 5.02. The summed E-state index contributed by atoms with van der Waals surface area (Å²) in [6.45, 7) is 6.95. The molecule has 0 bridgehead atoms. The van der Waals surface area contributed by atoms with Crippen LogP contribution in [0.4, 0.5) is 4.79 Å².